The molecule has 7 heteroatoms. The van der Waals surface area contributed by atoms with E-state index in [-0.39, 0.29) is 26.8 Å². The van der Waals surface area contributed by atoms with Crippen molar-refractivity contribution in [1.82, 2.24) is 19.5 Å². The summed E-state index contributed by atoms with van der Waals surface area (Å²) in [6.07, 6.45) is 3.55. The van der Waals surface area contributed by atoms with Gasteiger partial charge in [-0.05, 0) is 48.4 Å². The number of pyridine rings is 1. The standard InChI is InChI=1S/C30H25N4O2.Pt/c1-17(2)20-8-11-25-24(13-20)23-10-9-21(14-26(23)34(25)28-16-31-19(4)15-32-28)36-29-12-18(3)22-6-5-7-27(35)30(22)33-29;/h5-13,15-17,35H,1-4H3;/q-1;. The Labute approximate surface area is 229 Å². The Balaban J connectivity index is 0.00000280. The van der Waals surface area contributed by atoms with Crippen LogP contribution in [0.15, 0.2) is 67.0 Å². The van der Waals surface area contributed by atoms with E-state index in [0.717, 1.165) is 44.3 Å². The molecule has 3 aromatic carbocycles. The van der Waals surface area contributed by atoms with Crippen LogP contribution in [0.2, 0.25) is 0 Å². The van der Waals surface area contributed by atoms with Gasteiger partial charge in [-0.2, -0.15) is 6.07 Å². The van der Waals surface area contributed by atoms with E-state index in [2.05, 4.69) is 63.7 Å². The van der Waals surface area contributed by atoms with Gasteiger partial charge in [0.25, 0.3) is 0 Å². The van der Waals surface area contributed by atoms with Crippen LogP contribution in [0.25, 0.3) is 38.5 Å². The summed E-state index contributed by atoms with van der Waals surface area (Å²) in [5, 5.41) is 13.4. The van der Waals surface area contributed by atoms with Gasteiger partial charge in [-0.1, -0.05) is 43.6 Å². The average Bonchev–Trinajstić information content (AvgIpc) is 3.18. The Morgan fingerprint density at radius 3 is 2.51 bits per heavy atom. The molecule has 1 N–H and O–H groups in total. The number of nitrogens with zero attached hydrogens (tertiary/aromatic N) is 4. The van der Waals surface area contributed by atoms with Crippen molar-refractivity contribution in [1.29, 1.82) is 0 Å². The zero-order valence-corrected chi connectivity index (χ0v) is 23.2. The number of fused-ring (bicyclic) bond motifs is 4. The van der Waals surface area contributed by atoms with Crippen molar-refractivity contribution in [3.05, 3.63) is 89.9 Å². The zero-order valence-electron chi connectivity index (χ0n) is 20.9. The number of rotatable bonds is 4. The van der Waals surface area contributed by atoms with Gasteiger partial charge in [-0.3, -0.25) is 4.98 Å². The van der Waals surface area contributed by atoms with Crippen molar-refractivity contribution in [2.75, 3.05) is 0 Å². The molecule has 37 heavy (non-hydrogen) atoms. The molecule has 0 aliphatic carbocycles. The third-order valence-corrected chi connectivity index (χ3v) is 6.55. The van der Waals surface area contributed by atoms with Crippen molar-refractivity contribution in [3.63, 3.8) is 0 Å². The third-order valence-electron chi connectivity index (χ3n) is 6.55. The van der Waals surface area contributed by atoms with Gasteiger partial charge < -0.3 is 14.4 Å². The van der Waals surface area contributed by atoms with Gasteiger partial charge in [0.15, 0.2) is 5.82 Å². The monoisotopic (exact) mass is 668 g/mol. The largest absolute Gasteiger partial charge is 0.506 e. The number of benzene rings is 3. The average molecular weight is 669 g/mol. The van der Waals surface area contributed by atoms with Crippen LogP contribution in [0.4, 0.5) is 0 Å². The maximum atomic E-state index is 10.3. The summed E-state index contributed by atoms with van der Waals surface area (Å²) >= 11 is 0. The number of hydrogen-bond donors (Lipinski definition) is 1. The summed E-state index contributed by atoms with van der Waals surface area (Å²) in [5.74, 6) is 2.18. The van der Waals surface area contributed by atoms with Crippen LogP contribution >= 0.6 is 0 Å². The molecule has 6 rings (SSSR count). The molecule has 0 amide bonds. The molecular weight excluding hydrogens is 643 g/mol. The number of aryl methyl sites for hydroxylation is 2. The zero-order chi connectivity index (χ0) is 25.0. The van der Waals surface area contributed by atoms with E-state index in [1.54, 1.807) is 18.5 Å². The molecule has 0 aliphatic heterocycles. The van der Waals surface area contributed by atoms with Crippen LogP contribution < -0.4 is 4.74 Å². The fraction of sp³-hybridized carbons (Fsp3) is 0.167. The van der Waals surface area contributed by atoms with E-state index < -0.39 is 0 Å². The first-order valence-electron chi connectivity index (χ1n) is 12.0. The second-order valence-electron chi connectivity index (χ2n) is 9.42. The number of hydrogen-bond acceptors (Lipinski definition) is 5. The molecule has 0 radical (unpaired) electrons. The molecule has 0 saturated heterocycles. The van der Waals surface area contributed by atoms with E-state index in [1.165, 1.54) is 5.56 Å². The molecule has 0 atom stereocenters. The van der Waals surface area contributed by atoms with Crippen LogP contribution in [-0.4, -0.2) is 24.6 Å². The van der Waals surface area contributed by atoms with Crippen molar-refractivity contribution in [2.45, 2.75) is 33.6 Å². The van der Waals surface area contributed by atoms with Gasteiger partial charge in [0.2, 0.25) is 5.88 Å². The van der Waals surface area contributed by atoms with Crippen LogP contribution in [0.3, 0.4) is 0 Å². The maximum absolute atomic E-state index is 10.3. The van der Waals surface area contributed by atoms with Crippen molar-refractivity contribution in [3.8, 4) is 23.2 Å². The Bertz CT molecular complexity index is 1780. The Morgan fingerprint density at radius 2 is 1.76 bits per heavy atom. The minimum absolute atomic E-state index is 0. The number of phenolic OH excluding ortho intramolecular Hbond substituents is 1. The topological polar surface area (TPSA) is 73.1 Å². The number of phenols is 1. The summed E-state index contributed by atoms with van der Waals surface area (Å²) in [4.78, 5) is 13.7. The fourth-order valence-electron chi connectivity index (χ4n) is 4.64. The molecule has 0 bridgehead atoms. The maximum Gasteiger partial charge on any atom is 0.217 e. The predicted octanol–water partition coefficient (Wildman–Crippen LogP) is 7.16. The Hall–Kier alpha value is -3.76. The molecule has 0 aliphatic rings. The summed E-state index contributed by atoms with van der Waals surface area (Å²) < 4.78 is 8.24. The molecule has 0 fully saturated rings. The van der Waals surface area contributed by atoms with Crippen molar-refractivity contribution in [2.24, 2.45) is 0 Å². The summed E-state index contributed by atoms with van der Waals surface area (Å²) in [6, 6.07) is 21.2. The third kappa shape index (κ3) is 4.36. The molecule has 188 valence electrons. The SMILES string of the molecule is Cc1cnc(-n2c3[c-]c(Oc4cc(C)c5cccc(O)c5n4)ccc3c3cc(C(C)C)ccc32)cn1.[Pt]. The van der Waals surface area contributed by atoms with Gasteiger partial charge >= 0.3 is 0 Å². The van der Waals surface area contributed by atoms with Crippen LogP contribution in [0.1, 0.15) is 36.6 Å². The Kier molecular flexibility index (Phi) is 6.47. The Morgan fingerprint density at radius 1 is 0.919 bits per heavy atom. The van der Waals surface area contributed by atoms with Crippen molar-refractivity contribution >= 4 is 32.7 Å². The number of ether oxygens (including phenoxy) is 1. The first-order chi connectivity index (χ1) is 17.4. The van der Waals surface area contributed by atoms with Gasteiger partial charge in [0.05, 0.1) is 18.1 Å². The van der Waals surface area contributed by atoms with Gasteiger partial charge in [0, 0.05) is 43.8 Å². The molecule has 0 saturated carbocycles. The number of aromatic nitrogens is 4. The summed E-state index contributed by atoms with van der Waals surface area (Å²) in [7, 11) is 0. The smallest absolute Gasteiger partial charge is 0.217 e. The second-order valence-corrected chi connectivity index (χ2v) is 9.42. The molecule has 0 unspecified atom stereocenters. The van der Waals surface area contributed by atoms with E-state index in [1.807, 2.05) is 38.1 Å². The summed E-state index contributed by atoms with van der Waals surface area (Å²) in [5.41, 5.74) is 5.49. The van der Waals surface area contributed by atoms with Gasteiger partial charge in [-0.15, -0.1) is 17.5 Å². The van der Waals surface area contributed by atoms with Gasteiger partial charge in [0.1, 0.15) is 11.3 Å². The van der Waals surface area contributed by atoms with Crippen molar-refractivity contribution < 1.29 is 30.9 Å². The molecule has 0 spiro atoms. The number of para-hydroxylation sites is 1. The van der Waals surface area contributed by atoms with Gasteiger partial charge in [-0.25, -0.2) is 9.97 Å². The van der Waals surface area contributed by atoms with E-state index in [4.69, 9.17) is 4.74 Å². The van der Waals surface area contributed by atoms with E-state index in [0.29, 0.717) is 23.1 Å². The molecule has 6 aromatic rings. The minimum atomic E-state index is 0. The molecule has 6 nitrogen and oxygen atoms in total. The van der Waals surface area contributed by atoms with E-state index >= 15 is 0 Å². The molecule has 3 aromatic heterocycles. The number of aromatic hydroxyl groups is 1. The molecule has 3 heterocycles. The van der Waals surface area contributed by atoms with Crippen LogP contribution in [-0.2, 0) is 21.1 Å². The fourth-order valence-corrected chi connectivity index (χ4v) is 4.64. The first kappa shape index (κ1) is 24.9. The van der Waals surface area contributed by atoms with Crippen LogP contribution in [0, 0.1) is 19.9 Å². The minimum Gasteiger partial charge on any atom is -0.506 e. The van der Waals surface area contributed by atoms with E-state index in [9.17, 15) is 5.11 Å². The normalized spacial score (nSPS) is 11.4. The summed E-state index contributed by atoms with van der Waals surface area (Å²) in [6.45, 7) is 8.29. The van der Waals surface area contributed by atoms with Crippen LogP contribution in [0.5, 0.6) is 17.4 Å². The second kappa shape index (κ2) is 9.60. The quantitative estimate of drug-likeness (QED) is 0.202. The predicted molar refractivity (Wildman–Crippen MR) is 142 cm³/mol. The first-order valence-corrected chi connectivity index (χ1v) is 12.0. The molecular formula is C30H25N4O2Pt-.